The summed E-state index contributed by atoms with van der Waals surface area (Å²) in [5, 5.41) is 0. The van der Waals surface area contributed by atoms with E-state index in [1.165, 1.54) is 25.7 Å². The van der Waals surface area contributed by atoms with Gasteiger partial charge in [0, 0.05) is 17.8 Å². The molecule has 0 amide bonds. The topological polar surface area (TPSA) is 52.2 Å². The number of unbranched alkanes of at least 4 members (excludes halogenated alkanes) is 4. The first-order valence-electron chi connectivity index (χ1n) is 5.45. The van der Waals surface area contributed by atoms with Crippen LogP contribution in [0.4, 0.5) is 0 Å². The molecule has 0 fully saturated rings. The third-order valence-electron chi connectivity index (χ3n) is 2.18. The van der Waals surface area contributed by atoms with Crippen LogP contribution in [0.3, 0.4) is 0 Å². The van der Waals surface area contributed by atoms with Crippen LogP contribution in [-0.4, -0.2) is 15.3 Å². The smallest absolute Gasteiger partial charge is 0.0181 e. The van der Waals surface area contributed by atoms with Gasteiger partial charge in [-0.2, -0.15) is 0 Å². The molecule has 0 saturated heterocycles. The normalized spacial score (nSPS) is 13.4. The molecule has 0 heterocycles. The van der Waals surface area contributed by atoms with Crippen molar-refractivity contribution in [3.8, 4) is 0 Å². The number of hydrogen-bond donors (Lipinski definition) is 1. The van der Waals surface area contributed by atoms with E-state index in [1.54, 1.807) is 0 Å². The highest BCUT2D eigenvalue weighted by atomic mass is 32.2. The Morgan fingerprint density at radius 3 is 2.29 bits per heavy atom. The molecule has 0 aliphatic heterocycles. The number of nitrogens with one attached hydrogen (secondary N) is 1. The van der Waals surface area contributed by atoms with E-state index in [0.717, 1.165) is 18.8 Å². The van der Waals surface area contributed by atoms with E-state index in [9.17, 15) is 8.76 Å². The van der Waals surface area contributed by atoms with E-state index in [1.807, 2.05) is 0 Å². The highest BCUT2D eigenvalue weighted by molar-refractivity contribution is 7.77. The Labute approximate surface area is 90.1 Å². The van der Waals surface area contributed by atoms with Crippen molar-refractivity contribution in [3.05, 3.63) is 0 Å². The minimum Gasteiger partial charge on any atom is -0.760 e. The second-order valence-corrected chi connectivity index (χ2v) is 4.84. The van der Waals surface area contributed by atoms with E-state index in [4.69, 9.17) is 0 Å². The molecule has 1 unspecified atom stereocenters. The maximum absolute atomic E-state index is 10.1. The summed E-state index contributed by atoms with van der Waals surface area (Å²) in [5.41, 5.74) is 0. The lowest BCUT2D eigenvalue weighted by molar-refractivity contribution is 0.506. The van der Waals surface area contributed by atoms with Gasteiger partial charge in [0.1, 0.15) is 0 Å². The van der Waals surface area contributed by atoms with Crippen molar-refractivity contribution in [1.82, 2.24) is 4.72 Å². The van der Waals surface area contributed by atoms with Crippen LogP contribution in [-0.2, 0) is 11.3 Å². The zero-order valence-electron chi connectivity index (χ0n) is 9.25. The zero-order valence-corrected chi connectivity index (χ0v) is 10.1. The minimum absolute atomic E-state index is 0.584. The van der Waals surface area contributed by atoms with Gasteiger partial charge in [-0.15, -0.1) is 0 Å². The van der Waals surface area contributed by atoms with Gasteiger partial charge in [-0.1, -0.05) is 46.0 Å². The Hall–Kier alpha value is 0.0700. The molecule has 1 atom stereocenters. The van der Waals surface area contributed by atoms with Crippen LogP contribution in [0.15, 0.2) is 0 Å². The number of hydrogen-bond acceptors (Lipinski definition) is 2. The Kier molecular flexibility index (Phi) is 9.67. The summed E-state index contributed by atoms with van der Waals surface area (Å²) in [4.78, 5) is 0. The van der Waals surface area contributed by atoms with Crippen molar-refractivity contribution in [1.29, 1.82) is 0 Å². The molecule has 0 aliphatic rings. The van der Waals surface area contributed by atoms with Gasteiger partial charge in [0.2, 0.25) is 0 Å². The predicted molar refractivity (Wildman–Crippen MR) is 59.5 cm³/mol. The van der Waals surface area contributed by atoms with Crippen molar-refractivity contribution < 1.29 is 8.76 Å². The van der Waals surface area contributed by atoms with Gasteiger partial charge in [-0.3, -0.25) is 4.21 Å². The van der Waals surface area contributed by atoms with Crippen LogP contribution < -0.4 is 4.72 Å². The Bertz CT molecular complexity index is 151. The van der Waals surface area contributed by atoms with Crippen molar-refractivity contribution in [2.45, 2.75) is 52.4 Å². The molecule has 0 aromatic rings. The monoisotopic (exact) mass is 220 g/mol. The van der Waals surface area contributed by atoms with Gasteiger partial charge in [0.05, 0.1) is 0 Å². The summed E-state index contributed by atoms with van der Waals surface area (Å²) in [6.45, 7) is 5.07. The Morgan fingerprint density at radius 2 is 1.71 bits per heavy atom. The van der Waals surface area contributed by atoms with Crippen molar-refractivity contribution in [3.63, 3.8) is 0 Å². The van der Waals surface area contributed by atoms with Crippen LogP contribution in [0.5, 0.6) is 0 Å². The van der Waals surface area contributed by atoms with E-state index >= 15 is 0 Å². The average Bonchev–Trinajstić information content (AvgIpc) is 2.08. The van der Waals surface area contributed by atoms with Crippen LogP contribution in [0.1, 0.15) is 52.4 Å². The average molecular weight is 220 g/mol. The van der Waals surface area contributed by atoms with Gasteiger partial charge in [-0.05, 0) is 12.3 Å². The molecule has 86 valence electrons. The van der Waals surface area contributed by atoms with Crippen molar-refractivity contribution >= 4 is 11.3 Å². The lowest BCUT2D eigenvalue weighted by atomic mass is 10.0. The Morgan fingerprint density at radius 1 is 1.14 bits per heavy atom. The Balaban J connectivity index is 2.96. The molecule has 1 N–H and O–H groups in total. The first-order valence-corrected chi connectivity index (χ1v) is 6.53. The van der Waals surface area contributed by atoms with Crippen LogP contribution in [0, 0.1) is 5.92 Å². The number of rotatable bonds is 9. The first-order chi connectivity index (χ1) is 6.63. The maximum Gasteiger partial charge on any atom is 0.0181 e. The second-order valence-electron chi connectivity index (χ2n) is 4.08. The third-order valence-corrected chi connectivity index (χ3v) is 2.62. The summed E-state index contributed by atoms with van der Waals surface area (Å²) >= 11 is -2.08. The van der Waals surface area contributed by atoms with Gasteiger partial charge >= 0.3 is 0 Å². The predicted octanol–water partition coefficient (Wildman–Crippen LogP) is 2.37. The molecule has 0 rings (SSSR count). The highest BCUT2D eigenvalue weighted by Gasteiger charge is 1.94. The molecule has 4 heteroatoms. The first kappa shape index (κ1) is 14.1. The molecular formula is C10H22NO2S-. The standard InChI is InChI=1S/C10H23NO2S/c1-10(2)8-6-4-3-5-7-9-11-14(12)13/h10-11H,3-9H2,1-2H3,(H,12,13)/p-1. The molecular weight excluding hydrogens is 198 g/mol. The van der Waals surface area contributed by atoms with Crippen LogP contribution >= 0.6 is 0 Å². The maximum atomic E-state index is 10.1. The highest BCUT2D eigenvalue weighted by Crippen LogP contribution is 2.09. The molecule has 0 aromatic carbocycles. The molecule has 0 radical (unpaired) electrons. The summed E-state index contributed by atoms with van der Waals surface area (Å²) in [5.74, 6) is 0.805. The minimum atomic E-state index is -2.08. The molecule has 0 aliphatic carbocycles. The molecule has 0 saturated carbocycles. The van der Waals surface area contributed by atoms with Crippen LogP contribution in [0.25, 0.3) is 0 Å². The van der Waals surface area contributed by atoms with Gasteiger partial charge in [0.15, 0.2) is 0 Å². The van der Waals surface area contributed by atoms with E-state index in [0.29, 0.717) is 6.54 Å². The SMILES string of the molecule is CC(C)CCCCCCCNS(=O)[O-]. The largest absolute Gasteiger partial charge is 0.760 e. The molecule has 14 heavy (non-hydrogen) atoms. The fraction of sp³-hybridized carbons (Fsp3) is 1.00. The quantitative estimate of drug-likeness (QED) is 0.479. The molecule has 0 aromatic heterocycles. The molecule has 0 bridgehead atoms. The summed E-state index contributed by atoms with van der Waals surface area (Å²) in [7, 11) is 0. The van der Waals surface area contributed by atoms with E-state index < -0.39 is 11.3 Å². The second kappa shape index (κ2) is 9.62. The van der Waals surface area contributed by atoms with Crippen LogP contribution in [0.2, 0.25) is 0 Å². The van der Waals surface area contributed by atoms with Gasteiger partial charge in [0.25, 0.3) is 0 Å². The summed E-state index contributed by atoms with van der Waals surface area (Å²) in [6.07, 6.45) is 7.19. The molecule has 3 nitrogen and oxygen atoms in total. The summed E-state index contributed by atoms with van der Waals surface area (Å²) in [6, 6.07) is 0. The van der Waals surface area contributed by atoms with Crippen molar-refractivity contribution in [2.24, 2.45) is 5.92 Å². The lowest BCUT2D eigenvalue weighted by Crippen LogP contribution is -2.17. The van der Waals surface area contributed by atoms with Gasteiger partial charge in [-0.25, -0.2) is 4.72 Å². The zero-order chi connectivity index (χ0) is 10.8. The van der Waals surface area contributed by atoms with E-state index in [-0.39, 0.29) is 0 Å². The fourth-order valence-corrected chi connectivity index (χ4v) is 1.67. The van der Waals surface area contributed by atoms with Gasteiger partial charge < -0.3 is 4.55 Å². The lowest BCUT2D eigenvalue weighted by Gasteiger charge is -2.07. The third kappa shape index (κ3) is 12.1. The van der Waals surface area contributed by atoms with Crippen molar-refractivity contribution in [2.75, 3.05) is 6.54 Å². The van der Waals surface area contributed by atoms with E-state index in [2.05, 4.69) is 18.6 Å². The molecule has 0 spiro atoms. The fourth-order valence-electron chi connectivity index (χ4n) is 1.36. The summed E-state index contributed by atoms with van der Waals surface area (Å²) < 4.78 is 22.6.